The molecule has 2 rings (SSSR count). The molecule has 22 heavy (non-hydrogen) atoms. The molecule has 0 atom stereocenters. The lowest BCUT2D eigenvalue weighted by Gasteiger charge is -2.08. The highest BCUT2D eigenvalue weighted by molar-refractivity contribution is 5.92. The second kappa shape index (κ2) is 7.07. The number of non-ortho nitro benzene ring substituents is 1. The van der Waals surface area contributed by atoms with Crippen molar-refractivity contribution in [3.05, 3.63) is 58.6 Å². The van der Waals surface area contributed by atoms with Crippen LogP contribution in [0.2, 0.25) is 0 Å². The Morgan fingerprint density at radius 2 is 1.91 bits per heavy atom. The molecule has 0 aromatic heterocycles. The first-order valence-electron chi connectivity index (χ1n) is 6.39. The van der Waals surface area contributed by atoms with Gasteiger partial charge in [0.15, 0.2) is 6.61 Å². The third-order valence-corrected chi connectivity index (χ3v) is 2.75. The van der Waals surface area contributed by atoms with E-state index in [1.165, 1.54) is 25.3 Å². The first kappa shape index (κ1) is 15.3. The van der Waals surface area contributed by atoms with Gasteiger partial charge in [-0.05, 0) is 18.2 Å². The van der Waals surface area contributed by atoms with E-state index >= 15 is 0 Å². The van der Waals surface area contributed by atoms with Gasteiger partial charge in [0.1, 0.15) is 11.5 Å². The number of nitrogens with one attached hydrogen (secondary N) is 1. The van der Waals surface area contributed by atoms with Crippen molar-refractivity contribution in [3.63, 3.8) is 0 Å². The molecule has 114 valence electrons. The van der Waals surface area contributed by atoms with E-state index in [2.05, 4.69) is 5.32 Å². The summed E-state index contributed by atoms with van der Waals surface area (Å²) >= 11 is 0. The van der Waals surface area contributed by atoms with Gasteiger partial charge < -0.3 is 14.8 Å². The van der Waals surface area contributed by atoms with Crippen molar-refractivity contribution in [2.45, 2.75) is 0 Å². The number of anilines is 1. The van der Waals surface area contributed by atoms with E-state index in [4.69, 9.17) is 9.47 Å². The summed E-state index contributed by atoms with van der Waals surface area (Å²) in [6.07, 6.45) is 0. The van der Waals surface area contributed by atoms with Crippen LogP contribution in [0.3, 0.4) is 0 Å². The van der Waals surface area contributed by atoms with Crippen molar-refractivity contribution < 1.29 is 19.2 Å². The molecule has 0 heterocycles. The molecule has 7 heteroatoms. The molecular formula is C15H14N2O5. The third-order valence-electron chi connectivity index (χ3n) is 2.75. The summed E-state index contributed by atoms with van der Waals surface area (Å²) in [6.45, 7) is -0.212. The smallest absolute Gasteiger partial charge is 0.271 e. The molecule has 0 bridgehead atoms. The van der Waals surface area contributed by atoms with Crippen LogP contribution >= 0.6 is 0 Å². The van der Waals surface area contributed by atoms with Crippen molar-refractivity contribution in [3.8, 4) is 11.5 Å². The van der Waals surface area contributed by atoms with Gasteiger partial charge in [-0.1, -0.05) is 12.1 Å². The second-order valence-corrected chi connectivity index (χ2v) is 4.32. The maximum Gasteiger partial charge on any atom is 0.271 e. The van der Waals surface area contributed by atoms with Gasteiger partial charge in [0.05, 0.1) is 12.0 Å². The highest BCUT2D eigenvalue weighted by Gasteiger charge is 2.09. The van der Waals surface area contributed by atoms with Crippen LogP contribution in [0.25, 0.3) is 0 Å². The summed E-state index contributed by atoms with van der Waals surface area (Å²) in [6, 6.07) is 12.5. The van der Waals surface area contributed by atoms with Crippen molar-refractivity contribution >= 4 is 17.3 Å². The van der Waals surface area contributed by atoms with Gasteiger partial charge >= 0.3 is 0 Å². The van der Waals surface area contributed by atoms with Gasteiger partial charge in [0, 0.05) is 23.9 Å². The molecule has 0 saturated carbocycles. The van der Waals surface area contributed by atoms with Crippen LogP contribution in [0.5, 0.6) is 11.5 Å². The van der Waals surface area contributed by atoms with Gasteiger partial charge in [0.25, 0.3) is 11.6 Å². The Hall–Kier alpha value is -3.09. The van der Waals surface area contributed by atoms with Crippen molar-refractivity contribution in [1.29, 1.82) is 0 Å². The highest BCUT2D eigenvalue weighted by Crippen LogP contribution is 2.19. The lowest BCUT2D eigenvalue weighted by Crippen LogP contribution is -2.20. The predicted molar refractivity (Wildman–Crippen MR) is 80.2 cm³/mol. The summed E-state index contributed by atoms with van der Waals surface area (Å²) in [5, 5.41) is 13.2. The summed E-state index contributed by atoms with van der Waals surface area (Å²) < 4.78 is 10.4. The molecule has 0 aliphatic carbocycles. The van der Waals surface area contributed by atoms with Gasteiger partial charge in [-0.3, -0.25) is 14.9 Å². The minimum Gasteiger partial charge on any atom is -0.497 e. The minimum absolute atomic E-state index is 0.0912. The van der Waals surface area contributed by atoms with Crippen molar-refractivity contribution in [2.24, 2.45) is 0 Å². The van der Waals surface area contributed by atoms with Gasteiger partial charge in [-0.15, -0.1) is 0 Å². The van der Waals surface area contributed by atoms with Gasteiger partial charge in [-0.25, -0.2) is 0 Å². The van der Waals surface area contributed by atoms with E-state index in [1.54, 1.807) is 30.3 Å². The van der Waals surface area contributed by atoms with E-state index in [-0.39, 0.29) is 12.3 Å². The molecule has 2 aromatic rings. The Bertz CT molecular complexity index is 687. The summed E-state index contributed by atoms with van der Waals surface area (Å²) in [4.78, 5) is 21.9. The van der Waals surface area contributed by atoms with Crippen LogP contribution in [0.4, 0.5) is 11.4 Å². The zero-order valence-electron chi connectivity index (χ0n) is 11.8. The monoisotopic (exact) mass is 302 g/mol. The number of hydrogen-bond donors (Lipinski definition) is 1. The van der Waals surface area contributed by atoms with E-state index in [0.717, 1.165) is 0 Å². The first-order chi connectivity index (χ1) is 10.6. The lowest BCUT2D eigenvalue weighted by atomic mass is 10.3. The molecule has 7 nitrogen and oxygen atoms in total. The summed E-state index contributed by atoms with van der Waals surface area (Å²) in [5.41, 5.74) is 0.250. The molecule has 0 aliphatic rings. The second-order valence-electron chi connectivity index (χ2n) is 4.32. The Labute approximate surface area is 126 Å². The number of rotatable bonds is 6. The van der Waals surface area contributed by atoms with Gasteiger partial charge in [0.2, 0.25) is 0 Å². The molecule has 0 radical (unpaired) electrons. The Morgan fingerprint density at radius 3 is 2.64 bits per heavy atom. The van der Waals surface area contributed by atoms with E-state index in [9.17, 15) is 14.9 Å². The third kappa shape index (κ3) is 4.20. The number of ether oxygens (including phenoxy) is 2. The minimum atomic E-state index is -0.525. The SMILES string of the molecule is COc1cccc(OCC(=O)Nc2cccc([N+](=O)[O-])c2)c1. The number of carbonyl (C=O) groups is 1. The first-order valence-corrected chi connectivity index (χ1v) is 6.39. The molecule has 0 unspecified atom stereocenters. The topological polar surface area (TPSA) is 90.7 Å². The average molecular weight is 302 g/mol. The van der Waals surface area contributed by atoms with Gasteiger partial charge in [-0.2, -0.15) is 0 Å². The molecule has 2 aromatic carbocycles. The highest BCUT2D eigenvalue weighted by atomic mass is 16.6. The van der Waals surface area contributed by atoms with E-state index in [0.29, 0.717) is 17.2 Å². The van der Waals surface area contributed by atoms with E-state index < -0.39 is 10.8 Å². The maximum atomic E-state index is 11.8. The van der Waals surface area contributed by atoms with Crippen LogP contribution in [0.15, 0.2) is 48.5 Å². The zero-order chi connectivity index (χ0) is 15.9. The molecule has 1 amide bonds. The molecule has 1 N–H and O–H groups in total. The van der Waals surface area contributed by atoms with Crippen LogP contribution in [0, 0.1) is 10.1 Å². The Kier molecular flexibility index (Phi) is 4.92. The quantitative estimate of drug-likeness (QED) is 0.654. The summed E-state index contributed by atoms with van der Waals surface area (Å²) in [7, 11) is 1.54. The number of methoxy groups -OCH3 is 1. The lowest BCUT2D eigenvalue weighted by molar-refractivity contribution is -0.384. The van der Waals surface area contributed by atoms with Crippen LogP contribution in [-0.2, 0) is 4.79 Å². The normalized spacial score (nSPS) is 9.86. The molecular weight excluding hydrogens is 288 g/mol. The average Bonchev–Trinajstić information content (AvgIpc) is 2.53. The number of nitrogens with zero attached hydrogens (tertiary/aromatic N) is 1. The maximum absolute atomic E-state index is 11.8. The number of carbonyl (C=O) groups excluding carboxylic acids is 1. The summed E-state index contributed by atoms with van der Waals surface area (Å²) in [5.74, 6) is 0.702. The van der Waals surface area contributed by atoms with Crippen LogP contribution < -0.4 is 14.8 Å². The number of nitro benzene ring substituents is 1. The number of hydrogen-bond acceptors (Lipinski definition) is 5. The zero-order valence-corrected chi connectivity index (χ0v) is 11.8. The number of benzene rings is 2. The fourth-order valence-corrected chi connectivity index (χ4v) is 1.73. The fraction of sp³-hybridized carbons (Fsp3) is 0.133. The van der Waals surface area contributed by atoms with Crippen LogP contribution in [-0.4, -0.2) is 24.5 Å². The molecule has 0 aliphatic heterocycles. The molecule has 0 fully saturated rings. The largest absolute Gasteiger partial charge is 0.497 e. The number of amides is 1. The molecule has 0 spiro atoms. The number of nitro groups is 1. The van der Waals surface area contributed by atoms with Crippen LogP contribution in [0.1, 0.15) is 0 Å². The Balaban J connectivity index is 1.92. The van der Waals surface area contributed by atoms with Crippen molar-refractivity contribution in [1.82, 2.24) is 0 Å². The molecule has 0 saturated heterocycles. The predicted octanol–water partition coefficient (Wildman–Crippen LogP) is 2.62. The fourth-order valence-electron chi connectivity index (χ4n) is 1.73. The standard InChI is InChI=1S/C15H14N2O5/c1-21-13-6-3-7-14(9-13)22-10-15(18)16-11-4-2-5-12(8-11)17(19)20/h2-9H,10H2,1H3,(H,16,18). The van der Waals surface area contributed by atoms with Crippen molar-refractivity contribution in [2.75, 3.05) is 19.0 Å². The Morgan fingerprint density at radius 1 is 1.18 bits per heavy atom. The van der Waals surface area contributed by atoms with E-state index in [1.807, 2.05) is 0 Å².